The van der Waals surface area contributed by atoms with Crippen LogP contribution in [0, 0.1) is 30.6 Å². The summed E-state index contributed by atoms with van der Waals surface area (Å²) in [6.45, 7) is 1.95. The molecule has 1 saturated carbocycles. The Kier molecular flexibility index (Phi) is 3.48. The number of nitrogens with zero attached hydrogens (tertiary/aromatic N) is 2. The number of fused-ring (bicyclic) bond motifs is 3. The second kappa shape index (κ2) is 5.55. The first-order chi connectivity index (χ1) is 11.6. The van der Waals surface area contributed by atoms with Crippen LogP contribution in [0.5, 0.6) is 0 Å². The lowest BCUT2D eigenvalue weighted by Crippen LogP contribution is -2.39. The molecular formula is C20H20N2O2. The van der Waals surface area contributed by atoms with Crippen LogP contribution in [0.3, 0.4) is 0 Å². The zero-order valence-electron chi connectivity index (χ0n) is 13.8. The lowest BCUT2D eigenvalue weighted by atomic mass is 9.83. The maximum Gasteiger partial charge on any atom is 0.231 e. The molecule has 0 spiro atoms. The maximum atomic E-state index is 13.1. The third kappa shape index (κ3) is 2.17. The number of aryl methyl sites for hydroxylation is 1. The van der Waals surface area contributed by atoms with E-state index in [0.29, 0.717) is 0 Å². The Morgan fingerprint density at radius 1 is 1.21 bits per heavy atom. The van der Waals surface area contributed by atoms with Crippen molar-refractivity contribution in [2.75, 3.05) is 11.9 Å². The number of para-hydroxylation sites is 1. The number of amides is 1. The molecule has 4 unspecified atom stereocenters. The third-order valence-electron chi connectivity index (χ3n) is 5.49. The van der Waals surface area contributed by atoms with Crippen molar-refractivity contribution in [3.05, 3.63) is 48.2 Å². The SMILES string of the molecule is Cc1ccc2cccc(N(C)C(=O)C3C4C=CC(C4)C3C=O)c2n1. The van der Waals surface area contributed by atoms with Crippen LogP contribution in [0.15, 0.2) is 42.5 Å². The lowest BCUT2D eigenvalue weighted by Gasteiger charge is -2.28. The van der Waals surface area contributed by atoms with Crippen molar-refractivity contribution in [2.24, 2.45) is 23.7 Å². The van der Waals surface area contributed by atoms with Gasteiger partial charge in [-0.3, -0.25) is 9.78 Å². The number of carbonyl (C=O) groups excluding carboxylic acids is 2. The Morgan fingerprint density at radius 3 is 2.79 bits per heavy atom. The fourth-order valence-electron chi connectivity index (χ4n) is 4.24. The van der Waals surface area contributed by atoms with Gasteiger partial charge < -0.3 is 9.69 Å². The molecule has 4 atom stereocenters. The van der Waals surface area contributed by atoms with E-state index in [1.54, 1.807) is 11.9 Å². The van der Waals surface area contributed by atoms with Crippen molar-refractivity contribution in [1.82, 2.24) is 4.98 Å². The Bertz CT molecular complexity index is 858. The molecule has 0 radical (unpaired) electrons. The Morgan fingerprint density at radius 2 is 2.00 bits per heavy atom. The highest BCUT2D eigenvalue weighted by Gasteiger charge is 2.49. The van der Waals surface area contributed by atoms with E-state index in [-0.39, 0.29) is 29.6 Å². The number of pyridine rings is 1. The highest BCUT2D eigenvalue weighted by molar-refractivity contribution is 6.03. The minimum Gasteiger partial charge on any atom is -0.313 e. The van der Waals surface area contributed by atoms with E-state index < -0.39 is 0 Å². The third-order valence-corrected chi connectivity index (χ3v) is 5.49. The summed E-state index contributed by atoms with van der Waals surface area (Å²) >= 11 is 0. The van der Waals surface area contributed by atoms with E-state index in [9.17, 15) is 9.59 Å². The van der Waals surface area contributed by atoms with Gasteiger partial charge in [0.25, 0.3) is 0 Å². The van der Waals surface area contributed by atoms with Gasteiger partial charge in [0.1, 0.15) is 6.29 Å². The van der Waals surface area contributed by atoms with Gasteiger partial charge in [-0.15, -0.1) is 0 Å². The van der Waals surface area contributed by atoms with Gasteiger partial charge in [-0.1, -0.05) is 30.4 Å². The number of aromatic nitrogens is 1. The van der Waals surface area contributed by atoms with Gasteiger partial charge in [0.15, 0.2) is 0 Å². The molecule has 24 heavy (non-hydrogen) atoms. The predicted octanol–water partition coefficient (Wildman–Crippen LogP) is 3.14. The van der Waals surface area contributed by atoms with Crippen LogP contribution in [0.1, 0.15) is 12.1 Å². The van der Waals surface area contributed by atoms with Crippen molar-refractivity contribution >= 4 is 28.8 Å². The molecule has 1 amide bonds. The minimum atomic E-state index is -0.248. The monoisotopic (exact) mass is 320 g/mol. The lowest BCUT2D eigenvalue weighted by molar-refractivity contribution is -0.127. The minimum absolute atomic E-state index is 0.0137. The molecule has 1 aromatic carbocycles. The average molecular weight is 320 g/mol. The second-order valence-corrected chi connectivity index (χ2v) is 6.89. The molecule has 1 heterocycles. The first-order valence-electron chi connectivity index (χ1n) is 8.37. The molecule has 2 bridgehead atoms. The molecule has 2 aliphatic carbocycles. The molecule has 122 valence electrons. The molecule has 4 nitrogen and oxygen atoms in total. The van der Waals surface area contributed by atoms with E-state index in [2.05, 4.69) is 17.1 Å². The molecule has 0 aliphatic heterocycles. The summed E-state index contributed by atoms with van der Waals surface area (Å²) in [6.07, 6.45) is 6.08. The van der Waals surface area contributed by atoms with Crippen molar-refractivity contribution in [3.63, 3.8) is 0 Å². The van der Waals surface area contributed by atoms with Gasteiger partial charge in [-0.05, 0) is 37.3 Å². The Balaban J connectivity index is 1.73. The van der Waals surface area contributed by atoms with Gasteiger partial charge in [0.05, 0.1) is 17.1 Å². The zero-order valence-corrected chi connectivity index (χ0v) is 13.8. The Labute approximate surface area is 141 Å². The standard InChI is InChI=1S/C20H20N2O2/c1-12-6-7-13-4-3-5-17(19(13)21-12)22(2)20(24)18-15-9-8-14(10-15)16(18)11-23/h3-9,11,14-16,18H,10H2,1-2H3. The number of allylic oxidation sites excluding steroid dienone is 2. The number of anilines is 1. The highest BCUT2D eigenvalue weighted by atomic mass is 16.2. The summed E-state index contributed by atoms with van der Waals surface area (Å²) in [5.41, 5.74) is 2.55. The van der Waals surface area contributed by atoms with Gasteiger partial charge in [0.2, 0.25) is 5.91 Å². The summed E-state index contributed by atoms with van der Waals surface area (Å²) in [7, 11) is 1.79. The van der Waals surface area contributed by atoms with Gasteiger partial charge in [-0.25, -0.2) is 0 Å². The van der Waals surface area contributed by atoms with Crippen LogP contribution in [0.4, 0.5) is 5.69 Å². The molecule has 1 fully saturated rings. The first-order valence-corrected chi connectivity index (χ1v) is 8.37. The second-order valence-electron chi connectivity index (χ2n) is 6.89. The smallest absolute Gasteiger partial charge is 0.231 e. The molecule has 0 N–H and O–H groups in total. The number of aldehydes is 1. The fraction of sp³-hybridized carbons (Fsp3) is 0.350. The number of benzene rings is 1. The van der Waals surface area contributed by atoms with Crippen molar-refractivity contribution in [1.29, 1.82) is 0 Å². The van der Waals surface area contributed by atoms with Crippen molar-refractivity contribution in [3.8, 4) is 0 Å². The maximum absolute atomic E-state index is 13.1. The summed E-state index contributed by atoms with van der Waals surface area (Å²) in [6, 6.07) is 9.85. The van der Waals surface area contributed by atoms with Crippen LogP contribution >= 0.6 is 0 Å². The predicted molar refractivity (Wildman–Crippen MR) is 93.7 cm³/mol. The molecule has 4 heteroatoms. The summed E-state index contributed by atoms with van der Waals surface area (Å²) in [4.78, 5) is 31.0. The number of hydrogen-bond acceptors (Lipinski definition) is 3. The first kappa shape index (κ1) is 15.1. The molecule has 0 saturated heterocycles. The summed E-state index contributed by atoms with van der Waals surface area (Å²) in [5.74, 6) is -0.0190. The van der Waals surface area contributed by atoms with Gasteiger partial charge in [0, 0.05) is 24.0 Å². The molecule has 2 aromatic rings. The zero-order chi connectivity index (χ0) is 16.8. The van der Waals surface area contributed by atoms with E-state index >= 15 is 0 Å². The molecular weight excluding hydrogens is 300 g/mol. The van der Waals surface area contributed by atoms with Crippen LogP contribution in [0.25, 0.3) is 10.9 Å². The van der Waals surface area contributed by atoms with E-state index in [0.717, 1.165) is 35.0 Å². The van der Waals surface area contributed by atoms with Crippen molar-refractivity contribution < 1.29 is 9.59 Å². The van der Waals surface area contributed by atoms with Crippen LogP contribution in [0.2, 0.25) is 0 Å². The molecule has 2 aliphatic rings. The van der Waals surface area contributed by atoms with Crippen molar-refractivity contribution in [2.45, 2.75) is 13.3 Å². The summed E-state index contributed by atoms with van der Waals surface area (Å²) < 4.78 is 0. The van der Waals surface area contributed by atoms with Gasteiger partial charge >= 0.3 is 0 Å². The number of rotatable bonds is 3. The number of carbonyl (C=O) groups is 2. The fourth-order valence-corrected chi connectivity index (χ4v) is 4.24. The van der Waals surface area contributed by atoms with E-state index in [1.165, 1.54) is 0 Å². The van der Waals surface area contributed by atoms with E-state index in [1.807, 2.05) is 37.3 Å². The molecule has 1 aromatic heterocycles. The Hall–Kier alpha value is -2.49. The van der Waals surface area contributed by atoms with Crippen LogP contribution in [-0.4, -0.2) is 24.2 Å². The number of hydrogen-bond donors (Lipinski definition) is 0. The average Bonchev–Trinajstić information content (AvgIpc) is 3.20. The quantitative estimate of drug-likeness (QED) is 0.645. The normalized spacial score (nSPS) is 27.6. The molecule has 4 rings (SSSR count). The summed E-state index contributed by atoms with van der Waals surface area (Å²) in [5, 5.41) is 1.01. The van der Waals surface area contributed by atoms with Crippen LogP contribution < -0.4 is 4.90 Å². The highest BCUT2D eigenvalue weighted by Crippen LogP contribution is 2.48. The van der Waals surface area contributed by atoms with Crippen LogP contribution in [-0.2, 0) is 9.59 Å². The topological polar surface area (TPSA) is 50.3 Å². The van der Waals surface area contributed by atoms with E-state index in [4.69, 9.17) is 0 Å². The van der Waals surface area contributed by atoms with Gasteiger partial charge in [-0.2, -0.15) is 0 Å². The largest absolute Gasteiger partial charge is 0.313 e.